The van der Waals surface area contributed by atoms with Gasteiger partial charge in [-0.2, -0.15) is 0 Å². The number of hydrogen-bond donors (Lipinski definition) is 1. The van der Waals surface area contributed by atoms with Gasteiger partial charge in [-0.25, -0.2) is 0 Å². The van der Waals surface area contributed by atoms with Gasteiger partial charge in [0.25, 0.3) is 0 Å². The molecule has 1 rings (SSSR count). The van der Waals surface area contributed by atoms with Crippen LogP contribution in [0.4, 0.5) is 0 Å². The second kappa shape index (κ2) is 17.2. The number of carbonyl (C=O) groups excluding carboxylic acids is 1. The van der Waals surface area contributed by atoms with Crippen molar-refractivity contribution in [1.29, 1.82) is 0 Å². The van der Waals surface area contributed by atoms with E-state index in [0.29, 0.717) is 12.3 Å². The van der Waals surface area contributed by atoms with E-state index in [2.05, 4.69) is 24.4 Å². The molecular formula is C23H42N2O. The molecule has 150 valence electrons. The van der Waals surface area contributed by atoms with Crippen molar-refractivity contribution >= 4 is 5.91 Å². The highest BCUT2D eigenvalue weighted by molar-refractivity contribution is 5.76. The number of nitrogens with zero attached hydrogens (tertiary/aromatic N) is 1. The molecule has 3 heteroatoms. The van der Waals surface area contributed by atoms with Crippen LogP contribution in [-0.4, -0.2) is 30.4 Å². The van der Waals surface area contributed by atoms with Crippen molar-refractivity contribution in [3.05, 3.63) is 24.4 Å². The Bertz CT molecular complexity index is 390. The lowest BCUT2D eigenvalue weighted by atomic mass is 10.1. The second-order valence-electron chi connectivity index (χ2n) is 7.53. The third kappa shape index (κ3) is 13.0. The zero-order valence-electron chi connectivity index (χ0n) is 17.2. The first kappa shape index (κ1) is 22.8. The molecule has 1 heterocycles. The van der Waals surface area contributed by atoms with Crippen LogP contribution in [0.15, 0.2) is 24.4 Å². The van der Waals surface area contributed by atoms with Crippen molar-refractivity contribution in [3.8, 4) is 0 Å². The van der Waals surface area contributed by atoms with Gasteiger partial charge in [0.1, 0.15) is 0 Å². The van der Waals surface area contributed by atoms with E-state index in [4.69, 9.17) is 0 Å². The summed E-state index contributed by atoms with van der Waals surface area (Å²) in [6.45, 7) is 4.73. The molecule has 0 saturated heterocycles. The molecule has 1 amide bonds. The lowest BCUT2D eigenvalue weighted by Crippen LogP contribution is -2.34. The van der Waals surface area contributed by atoms with Crippen molar-refractivity contribution in [1.82, 2.24) is 10.2 Å². The molecule has 0 aliphatic carbocycles. The normalized spacial score (nSPS) is 14.6. The van der Waals surface area contributed by atoms with Crippen molar-refractivity contribution in [2.75, 3.05) is 19.6 Å². The lowest BCUT2D eigenvalue weighted by molar-refractivity contribution is -0.130. The average molecular weight is 363 g/mol. The van der Waals surface area contributed by atoms with Crippen molar-refractivity contribution < 1.29 is 4.79 Å². The molecule has 0 bridgehead atoms. The Balaban J connectivity index is 1.83. The SMILES string of the molecule is CCCCCCCC/C=C\CCCCCCCC(=O)N1CC=CNCC1. The smallest absolute Gasteiger partial charge is 0.222 e. The van der Waals surface area contributed by atoms with E-state index < -0.39 is 0 Å². The van der Waals surface area contributed by atoms with Gasteiger partial charge < -0.3 is 10.2 Å². The van der Waals surface area contributed by atoms with Crippen LogP contribution in [0, 0.1) is 0 Å². The zero-order valence-corrected chi connectivity index (χ0v) is 17.2. The van der Waals surface area contributed by atoms with Crippen molar-refractivity contribution in [2.24, 2.45) is 0 Å². The lowest BCUT2D eigenvalue weighted by Gasteiger charge is -2.19. The summed E-state index contributed by atoms with van der Waals surface area (Å²) in [5, 5.41) is 3.17. The van der Waals surface area contributed by atoms with Crippen molar-refractivity contribution in [2.45, 2.75) is 96.8 Å². The summed E-state index contributed by atoms with van der Waals surface area (Å²) in [4.78, 5) is 14.1. The first-order chi connectivity index (χ1) is 12.8. The Morgan fingerprint density at radius 2 is 1.54 bits per heavy atom. The maximum atomic E-state index is 12.1. The molecule has 1 N–H and O–H groups in total. The zero-order chi connectivity index (χ0) is 18.7. The molecule has 0 radical (unpaired) electrons. The quantitative estimate of drug-likeness (QED) is 0.287. The van der Waals surface area contributed by atoms with Gasteiger partial charge in [0.2, 0.25) is 5.91 Å². The molecule has 3 nitrogen and oxygen atoms in total. The fourth-order valence-electron chi connectivity index (χ4n) is 3.37. The van der Waals surface area contributed by atoms with E-state index in [1.54, 1.807) is 0 Å². The van der Waals surface area contributed by atoms with Gasteiger partial charge in [0, 0.05) is 26.1 Å². The molecule has 0 aromatic carbocycles. The van der Waals surface area contributed by atoms with E-state index in [1.165, 1.54) is 77.0 Å². The molecule has 26 heavy (non-hydrogen) atoms. The number of carbonyl (C=O) groups is 1. The standard InChI is InChI=1S/C23H42N2O/c1-2-3-4-5-6-7-8-9-10-11-12-13-14-15-16-18-23(26)25-21-17-19-24-20-22-25/h9-10,17,19,24H,2-8,11-16,18,20-22H2,1H3/b10-9-. The van der Waals surface area contributed by atoms with Crippen LogP contribution in [0.3, 0.4) is 0 Å². The van der Waals surface area contributed by atoms with Crippen LogP contribution in [0.2, 0.25) is 0 Å². The third-order valence-electron chi connectivity index (χ3n) is 5.09. The number of hydrogen-bond acceptors (Lipinski definition) is 2. The number of rotatable bonds is 15. The molecule has 0 saturated carbocycles. The topological polar surface area (TPSA) is 32.3 Å². The Morgan fingerprint density at radius 3 is 2.23 bits per heavy atom. The minimum absolute atomic E-state index is 0.316. The van der Waals surface area contributed by atoms with E-state index >= 15 is 0 Å². The van der Waals surface area contributed by atoms with Gasteiger partial charge in [0.05, 0.1) is 0 Å². The molecule has 0 atom stereocenters. The molecular weight excluding hydrogens is 320 g/mol. The highest BCUT2D eigenvalue weighted by Crippen LogP contribution is 2.10. The Hall–Kier alpha value is -1.25. The van der Waals surface area contributed by atoms with Crippen LogP contribution in [0.1, 0.15) is 96.8 Å². The van der Waals surface area contributed by atoms with Crippen LogP contribution in [-0.2, 0) is 4.79 Å². The minimum atomic E-state index is 0.316. The molecule has 0 aromatic rings. The predicted molar refractivity (Wildman–Crippen MR) is 113 cm³/mol. The molecule has 0 fully saturated rings. The first-order valence-electron chi connectivity index (χ1n) is 11.2. The first-order valence-corrected chi connectivity index (χ1v) is 11.2. The fraction of sp³-hybridized carbons (Fsp3) is 0.783. The van der Waals surface area contributed by atoms with E-state index in [1.807, 2.05) is 17.2 Å². The summed E-state index contributed by atoms with van der Waals surface area (Å²) in [5.74, 6) is 0.316. The highest BCUT2D eigenvalue weighted by atomic mass is 16.2. The van der Waals surface area contributed by atoms with Crippen LogP contribution < -0.4 is 5.32 Å². The van der Waals surface area contributed by atoms with Gasteiger partial charge in [-0.1, -0.05) is 70.4 Å². The highest BCUT2D eigenvalue weighted by Gasteiger charge is 2.12. The Morgan fingerprint density at radius 1 is 0.923 bits per heavy atom. The Labute approximate surface area is 162 Å². The van der Waals surface area contributed by atoms with Gasteiger partial charge in [-0.3, -0.25) is 4.79 Å². The van der Waals surface area contributed by atoms with Crippen molar-refractivity contribution in [3.63, 3.8) is 0 Å². The summed E-state index contributed by atoms with van der Waals surface area (Å²) in [7, 11) is 0. The van der Waals surface area contributed by atoms with Crippen LogP contribution >= 0.6 is 0 Å². The number of nitrogens with one attached hydrogen (secondary N) is 1. The molecule has 0 unspecified atom stereocenters. The fourth-order valence-corrected chi connectivity index (χ4v) is 3.37. The molecule has 0 spiro atoms. The summed E-state index contributed by atoms with van der Waals surface area (Å²) >= 11 is 0. The van der Waals surface area contributed by atoms with E-state index in [-0.39, 0.29) is 0 Å². The third-order valence-corrected chi connectivity index (χ3v) is 5.09. The average Bonchev–Trinajstić information content (AvgIpc) is 2.94. The summed E-state index contributed by atoms with van der Waals surface area (Å²) < 4.78 is 0. The number of unbranched alkanes of at least 4 members (excludes halogenated alkanes) is 11. The summed E-state index contributed by atoms with van der Waals surface area (Å²) in [5.41, 5.74) is 0. The molecule has 1 aliphatic heterocycles. The van der Waals surface area contributed by atoms with Gasteiger partial charge >= 0.3 is 0 Å². The predicted octanol–water partition coefficient (Wildman–Crippen LogP) is 5.97. The summed E-state index contributed by atoms with van der Waals surface area (Å²) in [6, 6.07) is 0. The maximum Gasteiger partial charge on any atom is 0.222 e. The van der Waals surface area contributed by atoms with Gasteiger partial charge in [-0.05, 0) is 44.4 Å². The largest absolute Gasteiger partial charge is 0.389 e. The number of amides is 1. The Kier molecular flexibility index (Phi) is 15.1. The number of allylic oxidation sites excluding steroid dienone is 2. The van der Waals surface area contributed by atoms with Crippen LogP contribution in [0.5, 0.6) is 0 Å². The minimum Gasteiger partial charge on any atom is -0.389 e. The second-order valence-corrected chi connectivity index (χ2v) is 7.53. The maximum absolute atomic E-state index is 12.1. The van der Waals surface area contributed by atoms with Gasteiger partial charge in [-0.15, -0.1) is 0 Å². The van der Waals surface area contributed by atoms with E-state index in [9.17, 15) is 4.79 Å². The monoisotopic (exact) mass is 362 g/mol. The van der Waals surface area contributed by atoms with E-state index in [0.717, 1.165) is 26.1 Å². The summed E-state index contributed by atoms with van der Waals surface area (Å²) in [6.07, 6.45) is 26.3. The molecule has 1 aliphatic rings. The van der Waals surface area contributed by atoms with Crippen LogP contribution in [0.25, 0.3) is 0 Å². The molecule has 0 aromatic heterocycles. The van der Waals surface area contributed by atoms with Gasteiger partial charge in [0.15, 0.2) is 0 Å².